The fourth-order valence-corrected chi connectivity index (χ4v) is 2.39. The van der Waals surface area contributed by atoms with E-state index in [1.165, 1.54) is 51.9 Å². The molecule has 1 saturated heterocycles. The van der Waals surface area contributed by atoms with Crippen LogP contribution < -0.4 is 5.73 Å². The van der Waals surface area contributed by atoms with Crippen molar-refractivity contribution in [1.82, 2.24) is 9.80 Å². The van der Waals surface area contributed by atoms with Crippen molar-refractivity contribution >= 4 is 0 Å². The summed E-state index contributed by atoms with van der Waals surface area (Å²) in [6, 6.07) is 0. The Morgan fingerprint density at radius 1 is 1.20 bits per heavy atom. The molecule has 1 aliphatic heterocycles. The Hall–Kier alpha value is -0.120. The zero-order chi connectivity index (χ0) is 11.1. The van der Waals surface area contributed by atoms with Crippen molar-refractivity contribution in [2.24, 2.45) is 11.7 Å². The van der Waals surface area contributed by atoms with Crippen LogP contribution in [0.15, 0.2) is 0 Å². The van der Waals surface area contributed by atoms with Gasteiger partial charge in [0.25, 0.3) is 0 Å². The minimum Gasteiger partial charge on any atom is -0.330 e. The molecule has 90 valence electrons. The Morgan fingerprint density at radius 3 is 2.40 bits per heavy atom. The summed E-state index contributed by atoms with van der Waals surface area (Å²) >= 11 is 0. The summed E-state index contributed by atoms with van der Waals surface area (Å²) in [6.45, 7) is 5.95. The number of nitrogens with two attached hydrogens (primary N) is 1. The highest BCUT2D eigenvalue weighted by Crippen LogP contribution is 2.17. The molecule has 3 nitrogen and oxygen atoms in total. The fourth-order valence-electron chi connectivity index (χ4n) is 2.39. The quantitative estimate of drug-likeness (QED) is 0.668. The molecule has 0 atom stereocenters. The molecule has 15 heavy (non-hydrogen) atoms. The van der Waals surface area contributed by atoms with Gasteiger partial charge in [0.15, 0.2) is 0 Å². The van der Waals surface area contributed by atoms with Gasteiger partial charge in [-0.25, -0.2) is 0 Å². The van der Waals surface area contributed by atoms with E-state index in [-0.39, 0.29) is 0 Å². The van der Waals surface area contributed by atoms with Gasteiger partial charge in [0.1, 0.15) is 0 Å². The molecular formula is C12H27N3. The van der Waals surface area contributed by atoms with Gasteiger partial charge >= 0.3 is 0 Å². The molecule has 0 spiro atoms. The largest absolute Gasteiger partial charge is 0.330 e. The first kappa shape index (κ1) is 12.9. The van der Waals surface area contributed by atoms with Gasteiger partial charge in [0.05, 0.1) is 0 Å². The molecule has 3 heteroatoms. The molecule has 0 saturated carbocycles. The molecule has 0 unspecified atom stereocenters. The third kappa shape index (κ3) is 5.50. The number of piperidine rings is 1. The molecule has 1 rings (SSSR count). The van der Waals surface area contributed by atoms with E-state index >= 15 is 0 Å². The Balaban J connectivity index is 2.07. The molecule has 0 aliphatic carbocycles. The summed E-state index contributed by atoms with van der Waals surface area (Å²) in [6.07, 6.45) is 5.20. The van der Waals surface area contributed by atoms with Crippen molar-refractivity contribution in [1.29, 1.82) is 0 Å². The second kappa shape index (κ2) is 7.20. The second-order valence-corrected chi connectivity index (χ2v) is 5.04. The van der Waals surface area contributed by atoms with E-state index in [0.717, 1.165) is 12.5 Å². The van der Waals surface area contributed by atoms with E-state index in [9.17, 15) is 0 Å². The van der Waals surface area contributed by atoms with Gasteiger partial charge < -0.3 is 15.5 Å². The first-order valence-corrected chi connectivity index (χ1v) is 6.29. The Bertz CT molecular complexity index is 151. The van der Waals surface area contributed by atoms with Crippen LogP contribution in [0.3, 0.4) is 0 Å². The predicted octanol–water partition coefficient (Wildman–Crippen LogP) is 0.999. The van der Waals surface area contributed by atoms with Crippen molar-refractivity contribution in [3.05, 3.63) is 0 Å². The Kier molecular flexibility index (Phi) is 6.22. The van der Waals surface area contributed by atoms with E-state index in [1.807, 2.05) is 0 Å². The fraction of sp³-hybridized carbons (Fsp3) is 1.00. The highest BCUT2D eigenvalue weighted by molar-refractivity contribution is 4.73. The van der Waals surface area contributed by atoms with Gasteiger partial charge in [0, 0.05) is 6.54 Å². The molecule has 1 fully saturated rings. The first-order valence-electron chi connectivity index (χ1n) is 6.29. The summed E-state index contributed by atoms with van der Waals surface area (Å²) in [5.74, 6) is 0.922. The Morgan fingerprint density at radius 2 is 1.87 bits per heavy atom. The van der Waals surface area contributed by atoms with Crippen LogP contribution in [-0.4, -0.2) is 56.6 Å². The predicted molar refractivity (Wildman–Crippen MR) is 66.0 cm³/mol. The topological polar surface area (TPSA) is 32.5 Å². The minimum absolute atomic E-state index is 0.844. The molecular weight excluding hydrogens is 186 g/mol. The summed E-state index contributed by atoms with van der Waals surface area (Å²) < 4.78 is 0. The van der Waals surface area contributed by atoms with Crippen LogP contribution in [0.5, 0.6) is 0 Å². The van der Waals surface area contributed by atoms with Crippen molar-refractivity contribution in [2.45, 2.75) is 25.7 Å². The maximum atomic E-state index is 5.50. The number of nitrogens with zero attached hydrogens (tertiary/aromatic N) is 2. The van der Waals surface area contributed by atoms with Gasteiger partial charge in [-0.1, -0.05) is 0 Å². The van der Waals surface area contributed by atoms with Crippen LogP contribution >= 0.6 is 0 Å². The summed E-state index contributed by atoms with van der Waals surface area (Å²) in [5, 5.41) is 0. The van der Waals surface area contributed by atoms with E-state index in [2.05, 4.69) is 23.9 Å². The molecule has 0 amide bonds. The number of unbranched alkanes of at least 4 members (excludes halogenated alkanes) is 1. The van der Waals surface area contributed by atoms with Crippen molar-refractivity contribution in [3.63, 3.8) is 0 Å². The summed E-state index contributed by atoms with van der Waals surface area (Å²) in [5.41, 5.74) is 5.50. The van der Waals surface area contributed by atoms with E-state index in [1.54, 1.807) is 0 Å². The molecule has 0 radical (unpaired) electrons. The molecule has 2 N–H and O–H groups in total. The Labute approximate surface area is 94.6 Å². The van der Waals surface area contributed by atoms with Gasteiger partial charge in [-0.2, -0.15) is 0 Å². The zero-order valence-corrected chi connectivity index (χ0v) is 10.4. The third-order valence-corrected chi connectivity index (χ3v) is 3.26. The normalized spacial score (nSPS) is 20.0. The molecule has 1 heterocycles. The van der Waals surface area contributed by atoms with Crippen molar-refractivity contribution < 1.29 is 0 Å². The van der Waals surface area contributed by atoms with Crippen molar-refractivity contribution in [2.75, 3.05) is 46.8 Å². The smallest absolute Gasteiger partial charge is 0.000451 e. The lowest BCUT2D eigenvalue weighted by molar-refractivity contribution is 0.161. The lowest BCUT2D eigenvalue weighted by Crippen LogP contribution is -2.37. The number of likely N-dealkylation sites (tertiary alicyclic amines) is 1. The number of rotatable bonds is 6. The average Bonchev–Trinajstić information content (AvgIpc) is 2.20. The van der Waals surface area contributed by atoms with Crippen LogP contribution in [0.2, 0.25) is 0 Å². The number of hydrogen-bond acceptors (Lipinski definition) is 3. The first-order chi connectivity index (χ1) is 7.22. The second-order valence-electron chi connectivity index (χ2n) is 5.04. The highest BCUT2D eigenvalue weighted by Gasteiger charge is 2.18. The lowest BCUT2D eigenvalue weighted by atomic mass is 9.96. The molecule has 0 bridgehead atoms. The number of hydrogen-bond donors (Lipinski definition) is 1. The lowest BCUT2D eigenvalue weighted by Gasteiger charge is -2.33. The minimum atomic E-state index is 0.844. The van der Waals surface area contributed by atoms with Crippen LogP contribution in [0.1, 0.15) is 25.7 Å². The van der Waals surface area contributed by atoms with Gasteiger partial charge in [-0.05, 0) is 71.9 Å². The van der Waals surface area contributed by atoms with Gasteiger partial charge in [-0.3, -0.25) is 0 Å². The van der Waals surface area contributed by atoms with Crippen LogP contribution in [0, 0.1) is 5.92 Å². The maximum Gasteiger partial charge on any atom is 0.000451 e. The van der Waals surface area contributed by atoms with E-state index in [0.29, 0.717) is 0 Å². The van der Waals surface area contributed by atoms with Crippen LogP contribution in [-0.2, 0) is 0 Å². The van der Waals surface area contributed by atoms with Gasteiger partial charge in [0.2, 0.25) is 0 Å². The highest BCUT2D eigenvalue weighted by atomic mass is 15.1. The monoisotopic (exact) mass is 213 g/mol. The van der Waals surface area contributed by atoms with Crippen LogP contribution in [0.25, 0.3) is 0 Å². The standard InChI is InChI=1S/C12H27N3/c1-14(2)11-12-5-9-15(10-6-12)8-4-3-7-13/h12H,3-11,13H2,1-2H3. The summed E-state index contributed by atoms with van der Waals surface area (Å²) in [7, 11) is 4.35. The average molecular weight is 213 g/mol. The third-order valence-electron chi connectivity index (χ3n) is 3.26. The van der Waals surface area contributed by atoms with Gasteiger partial charge in [-0.15, -0.1) is 0 Å². The van der Waals surface area contributed by atoms with E-state index < -0.39 is 0 Å². The zero-order valence-electron chi connectivity index (χ0n) is 10.4. The summed E-state index contributed by atoms with van der Waals surface area (Å²) in [4.78, 5) is 4.91. The van der Waals surface area contributed by atoms with Crippen molar-refractivity contribution in [3.8, 4) is 0 Å². The molecule has 0 aromatic rings. The van der Waals surface area contributed by atoms with Crippen LogP contribution in [0.4, 0.5) is 0 Å². The SMILES string of the molecule is CN(C)CC1CCN(CCCCN)CC1. The molecule has 0 aromatic carbocycles. The molecule has 0 aromatic heterocycles. The van der Waals surface area contributed by atoms with E-state index in [4.69, 9.17) is 5.73 Å². The molecule has 1 aliphatic rings. The maximum absolute atomic E-state index is 5.50.